The molecule has 4 heteroatoms. The second-order valence-corrected chi connectivity index (χ2v) is 4.42. The first-order chi connectivity index (χ1) is 8.70. The maximum atomic E-state index is 6.07. The van der Waals surface area contributed by atoms with Crippen LogP contribution in [0, 0.1) is 6.92 Å². The van der Waals surface area contributed by atoms with E-state index in [-0.39, 0.29) is 0 Å². The van der Waals surface area contributed by atoms with Crippen LogP contribution in [0.15, 0.2) is 36.7 Å². The van der Waals surface area contributed by atoms with Gasteiger partial charge in [-0.05, 0) is 36.2 Å². The van der Waals surface area contributed by atoms with Gasteiger partial charge in [0.2, 0.25) is 0 Å². The first-order valence-corrected chi connectivity index (χ1v) is 6.05. The van der Waals surface area contributed by atoms with E-state index >= 15 is 0 Å². The van der Waals surface area contributed by atoms with Gasteiger partial charge in [0.1, 0.15) is 5.75 Å². The number of nitrogens with zero attached hydrogens (tertiary/aromatic N) is 1. The van der Waals surface area contributed by atoms with E-state index in [0.717, 1.165) is 23.5 Å². The van der Waals surface area contributed by atoms with Crippen molar-refractivity contribution in [2.75, 3.05) is 12.4 Å². The largest absolute Gasteiger partial charge is 0.495 e. The van der Waals surface area contributed by atoms with Gasteiger partial charge in [-0.2, -0.15) is 0 Å². The monoisotopic (exact) mass is 262 g/mol. The molecule has 1 heterocycles. The molecule has 0 bridgehead atoms. The highest BCUT2D eigenvalue weighted by Gasteiger charge is 2.06. The van der Waals surface area contributed by atoms with Gasteiger partial charge < -0.3 is 10.1 Å². The van der Waals surface area contributed by atoms with E-state index in [0.29, 0.717) is 5.02 Å². The molecular weight excluding hydrogens is 248 g/mol. The predicted octanol–water partition coefficient (Wildman–Crippen LogP) is 3.66. The summed E-state index contributed by atoms with van der Waals surface area (Å²) in [4.78, 5) is 3.99. The molecule has 2 aromatic rings. The summed E-state index contributed by atoms with van der Waals surface area (Å²) in [5.41, 5.74) is 3.13. The Morgan fingerprint density at radius 2 is 2.00 bits per heavy atom. The quantitative estimate of drug-likeness (QED) is 0.913. The molecule has 0 spiro atoms. The molecule has 18 heavy (non-hydrogen) atoms. The number of methoxy groups -OCH3 is 1. The Hall–Kier alpha value is -1.74. The Balaban J connectivity index is 2.16. The van der Waals surface area contributed by atoms with E-state index < -0.39 is 0 Å². The Labute approximate surface area is 112 Å². The maximum absolute atomic E-state index is 6.07. The lowest BCUT2D eigenvalue weighted by atomic mass is 10.2. The van der Waals surface area contributed by atoms with Gasteiger partial charge in [-0.15, -0.1) is 0 Å². The lowest BCUT2D eigenvalue weighted by molar-refractivity contribution is 0.416. The van der Waals surface area contributed by atoms with Crippen molar-refractivity contribution in [2.45, 2.75) is 13.5 Å². The zero-order valence-electron chi connectivity index (χ0n) is 10.4. The third kappa shape index (κ3) is 2.93. The molecule has 3 nitrogen and oxygen atoms in total. The first-order valence-electron chi connectivity index (χ1n) is 5.67. The highest BCUT2D eigenvalue weighted by Crippen LogP contribution is 2.31. The summed E-state index contributed by atoms with van der Waals surface area (Å²) in [6.07, 6.45) is 3.56. The van der Waals surface area contributed by atoms with Gasteiger partial charge in [-0.3, -0.25) is 4.98 Å². The topological polar surface area (TPSA) is 34.1 Å². The summed E-state index contributed by atoms with van der Waals surface area (Å²) in [5, 5.41) is 4.05. The van der Waals surface area contributed by atoms with Crippen LogP contribution in [0.2, 0.25) is 5.02 Å². The molecule has 0 aliphatic rings. The summed E-state index contributed by atoms with van der Waals surface area (Å²) in [7, 11) is 1.64. The number of anilines is 1. The van der Waals surface area contributed by atoms with E-state index in [9.17, 15) is 0 Å². The van der Waals surface area contributed by atoms with Crippen molar-refractivity contribution < 1.29 is 4.74 Å². The van der Waals surface area contributed by atoms with Gasteiger partial charge in [0.25, 0.3) is 0 Å². The summed E-state index contributed by atoms with van der Waals surface area (Å²) in [5.74, 6) is 0.750. The van der Waals surface area contributed by atoms with Crippen molar-refractivity contribution in [3.63, 3.8) is 0 Å². The average Bonchev–Trinajstić information content (AvgIpc) is 2.41. The third-order valence-electron chi connectivity index (χ3n) is 2.71. The fourth-order valence-electron chi connectivity index (χ4n) is 1.67. The summed E-state index contributed by atoms with van der Waals surface area (Å²) in [6.45, 7) is 2.69. The summed E-state index contributed by atoms with van der Waals surface area (Å²) >= 11 is 6.07. The number of ether oxygens (including phenoxy) is 1. The fourth-order valence-corrected chi connectivity index (χ4v) is 1.82. The summed E-state index contributed by atoms with van der Waals surface area (Å²) < 4.78 is 5.31. The third-order valence-corrected chi connectivity index (χ3v) is 3.12. The zero-order chi connectivity index (χ0) is 13.0. The van der Waals surface area contributed by atoms with Crippen molar-refractivity contribution in [3.05, 3.63) is 52.8 Å². The fraction of sp³-hybridized carbons (Fsp3) is 0.214. The van der Waals surface area contributed by atoms with Gasteiger partial charge in [0.05, 0.1) is 12.8 Å². The molecule has 0 amide bonds. The van der Waals surface area contributed by atoms with Crippen LogP contribution in [0.1, 0.15) is 11.1 Å². The molecule has 1 aromatic heterocycles. The smallest absolute Gasteiger partial charge is 0.143 e. The van der Waals surface area contributed by atoms with Crippen LogP contribution in [0.5, 0.6) is 5.75 Å². The van der Waals surface area contributed by atoms with Gasteiger partial charge in [-0.25, -0.2) is 0 Å². The van der Waals surface area contributed by atoms with Crippen LogP contribution < -0.4 is 10.1 Å². The number of hydrogen-bond acceptors (Lipinski definition) is 3. The van der Waals surface area contributed by atoms with E-state index in [4.69, 9.17) is 16.3 Å². The Morgan fingerprint density at radius 3 is 2.67 bits per heavy atom. The lowest BCUT2D eigenvalue weighted by Gasteiger charge is -2.13. The van der Waals surface area contributed by atoms with E-state index in [1.807, 2.05) is 31.2 Å². The van der Waals surface area contributed by atoms with Crippen LogP contribution in [0.3, 0.4) is 0 Å². The minimum Gasteiger partial charge on any atom is -0.495 e. The SMILES string of the molecule is COc1cc(Cl)c(C)cc1NCc1ccncc1. The van der Waals surface area contributed by atoms with Crippen molar-refractivity contribution in [1.29, 1.82) is 0 Å². The highest BCUT2D eigenvalue weighted by atomic mass is 35.5. The molecule has 0 atom stereocenters. The number of benzene rings is 1. The van der Waals surface area contributed by atoms with Crippen LogP contribution in [0.4, 0.5) is 5.69 Å². The molecule has 0 unspecified atom stereocenters. The number of hydrogen-bond donors (Lipinski definition) is 1. The Bertz CT molecular complexity index is 529. The number of aryl methyl sites for hydroxylation is 1. The molecule has 2 rings (SSSR count). The standard InChI is InChI=1S/C14H15ClN2O/c1-10-7-13(14(18-2)8-12(10)15)17-9-11-3-5-16-6-4-11/h3-8,17H,9H2,1-2H3. The molecule has 0 radical (unpaired) electrons. The lowest BCUT2D eigenvalue weighted by Crippen LogP contribution is -2.02. The zero-order valence-corrected chi connectivity index (χ0v) is 11.2. The van der Waals surface area contributed by atoms with Gasteiger partial charge in [0, 0.05) is 30.0 Å². The minimum atomic E-state index is 0.710. The maximum Gasteiger partial charge on any atom is 0.143 e. The predicted molar refractivity (Wildman–Crippen MR) is 74.3 cm³/mol. The molecule has 1 aromatic carbocycles. The Kier molecular flexibility index (Phi) is 4.05. The van der Waals surface area contributed by atoms with Crippen molar-refractivity contribution >= 4 is 17.3 Å². The number of rotatable bonds is 4. The normalized spacial score (nSPS) is 10.2. The van der Waals surface area contributed by atoms with Crippen LogP contribution in [-0.2, 0) is 6.54 Å². The second kappa shape index (κ2) is 5.74. The molecular formula is C14H15ClN2O. The number of aromatic nitrogens is 1. The number of nitrogens with one attached hydrogen (secondary N) is 1. The first kappa shape index (κ1) is 12.7. The van der Waals surface area contributed by atoms with Gasteiger partial charge in [0.15, 0.2) is 0 Å². The molecule has 94 valence electrons. The minimum absolute atomic E-state index is 0.710. The van der Waals surface area contributed by atoms with Crippen molar-refractivity contribution in [1.82, 2.24) is 4.98 Å². The summed E-state index contributed by atoms with van der Waals surface area (Å²) in [6, 6.07) is 7.76. The van der Waals surface area contributed by atoms with Crippen LogP contribution in [-0.4, -0.2) is 12.1 Å². The van der Waals surface area contributed by atoms with E-state index in [2.05, 4.69) is 10.3 Å². The molecule has 0 aliphatic carbocycles. The number of pyridine rings is 1. The molecule has 0 saturated carbocycles. The average molecular weight is 263 g/mol. The van der Waals surface area contributed by atoms with Gasteiger partial charge >= 0.3 is 0 Å². The highest BCUT2D eigenvalue weighted by molar-refractivity contribution is 6.31. The van der Waals surface area contributed by atoms with Crippen molar-refractivity contribution in [2.24, 2.45) is 0 Å². The molecule has 0 fully saturated rings. The van der Waals surface area contributed by atoms with Crippen LogP contribution in [0.25, 0.3) is 0 Å². The van der Waals surface area contributed by atoms with E-state index in [1.165, 1.54) is 5.56 Å². The number of halogens is 1. The molecule has 0 saturated heterocycles. The van der Waals surface area contributed by atoms with E-state index in [1.54, 1.807) is 19.5 Å². The van der Waals surface area contributed by atoms with Crippen molar-refractivity contribution in [3.8, 4) is 5.75 Å². The second-order valence-electron chi connectivity index (χ2n) is 4.01. The van der Waals surface area contributed by atoms with Gasteiger partial charge in [-0.1, -0.05) is 11.6 Å². The Morgan fingerprint density at radius 1 is 1.28 bits per heavy atom. The molecule has 0 aliphatic heterocycles. The van der Waals surface area contributed by atoms with Crippen LogP contribution >= 0.6 is 11.6 Å². The molecule has 1 N–H and O–H groups in total.